The van der Waals surface area contributed by atoms with Crippen LogP contribution in [0.4, 0.5) is 0 Å². The van der Waals surface area contributed by atoms with E-state index in [1.165, 1.54) is 16.7 Å². The van der Waals surface area contributed by atoms with E-state index in [0.29, 0.717) is 5.69 Å². The first-order valence-corrected chi connectivity index (χ1v) is 9.76. The van der Waals surface area contributed by atoms with Crippen molar-refractivity contribution in [2.45, 2.75) is 26.8 Å². The van der Waals surface area contributed by atoms with Crippen molar-refractivity contribution in [3.05, 3.63) is 70.9 Å². The quantitative estimate of drug-likeness (QED) is 0.762. The highest BCUT2D eigenvalue weighted by Gasteiger charge is 2.22. The minimum Gasteiger partial charge on any atom is -0.351 e. The van der Waals surface area contributed by atoms with Crippen LogP contribution in [0.15, 0.2) is 48.5 Å². The summed E-state index contributed by atoms with van der Waals surface area (Å²) in [5.74, 6) is 0.116. The zero-order valence-electron chi connectivity index (χ0n) is 16.2. The van der Waals surface area contributed by atoms with Gasteiger partial charge in [-0.15, -0.1) is 0 Å². The number of carbonyl (C=O) groups excluding carboxylic acids is 1. The van der Waals surface area contributed by atoms with E-state index in [-0.39, 0.29) is 5.91 Å². The maximum Gasteiger partial charge on any atom is 0.270 e. The van der Waals surface area contributed by atoms with Crippen LogP contribution in [-0.4, -0.2) is 46.9 Å². The zero-order valence-corrected chi connectivity index (χ0v) is 16.2. The minimum atomic E-state index is 0.116. The third kappa shape index (κ3) is 3.91. The Kier molecular flexibility index (Phi) is 4.99. The summed E-state index contributed by atoms with van der Waals surface area (Å²) in [7, 11) is 0. The Morgan fingerprint density at radius 1 is 1.00 bits per heavy atom. The number of aromatic amines is 1. The number of H-pyrrole nitrogens is 1. The first-order chi connectivity index (χ1) is 13.1. The first-order valence-electron chi connectivity index (χ1n) is 9.76. The molecule has 0 saturated carbocycles. The van der Waals surface area contributed by atoms with Crippen molar-refractivity contribution < 1.29 is 4.79 Å². The summed E-state index contributed by atoms with van der Waals surface area (Å²) in [6, 6.07) is 16.9. The summed E-state index contributed by atoms with van der Waals surface area (Å²) in [5, 5.41) is 1.14. The lowest BCUT2D eigenvalue weighted by atomic mass is 10.1. The number of fused-ring (bicyclic) bond motifs is 1. The molecular weight excluding hydrogens is 334 g/mol. The Labute approximate surface area is 160 Å². The fraction of sp³-hybridized carbons (Fsp3) is 0.348. The SMILES string of the molecule is Cc1cc(C)c2cc(C(=O)N3CCCN(Cc4ccccc4)CC3)[nH]c2c1. The zero-order chi connectivity index (χ0) is 18.8. The molecule has 1 aliphatic rings. The Morgan fingerprint density at radius 2 is 1.81 bits per heavy atom. The van der Waals surface area contributed by atoms with Crippen LogP contribution in [0.1, 0.15) is 33.6 Å². The molecule has 0 aliphatic carbocycles. The van der Waals surface area contributed by atoms with Crippen LogP contribution >= 0.6 is 0 Å². The molecule has 0 unspecified atom stereocenters. The maximum absolute atomic E-state index is 13.1. The molecule has 4 nitrogen and oxygen atoms in total. The number of rotatable bonds is 3. The molecule has 2 heterocycles. The summed E-state index contributed by atoms with van der Waals surface area (Å²) in [5.41, 5.74) is 5.52. The molecule has 3 aromatic rings. The summed E-state index contributed by atoms with van der Waals surface area (Å²) in [6.07, 6.45) is 1.01. The molecule has 1 saturated heterocycles. The molecule has 2 aromatic carbocycles. The summed E-state index contributed by atoms with van der Waals surface area (Å²) < 4.78 is 0. The van der Waals surface area contributed by atoms with Gasteiger partial charge in [0.1, 0.15) is 5.69 Å². The summed E-state index contributed by atoms with van der Waals surface area (Å²) in [6.45, 7) is 8.68. The van der Waals surface area contributed by atoms with Crippen molar-refractivity contribution in [2.75, 3.05) is 26.2 Å². The molecule has 1 aromatic heterocycles. The van der Waals surface area contributed by atoms with E-state index in [9.17, 15) is 4.79 Å². The fourth-order valence-electron chi connectivity index (χ4n) is 4.06. The van der Waals surface area contributed by atoms with Crippen LogP contribution in [0, 0.1) is 13.8 Å². The number of nitrogens with zero attached hydrogens (tertiary/aromatic N) is 2. The number of aryl methyl sites for hydroxylation is 2. The van der Waals surface area contributed by atoms with E-state index in [1.807, 2.05) is 11.0 Å². The van der Waals surface area contributed by atoms with Crippen LogP contribution < -0.4 is 0 Å². The van der Waals surface area contributed by atoms with Crippen LogP contribution in [0.3, 0.4) is 0 Å². The molecule has 4 heteroatoms. The highest BCUT2D eigenvalue weighted by Crippen LogP contribution is 2.22. The van der Waals surface area contributed by atoms with E-state index in [1.54, 1.807) is 0 Å². The monoisotopic (exact) mass is 361 g/mol. The van der Waals surface area contributed by atoms with Crippen LogP contribution in [0.2, 0.25) is 0 Å². The van der Waals surface area contributed by atoms with Crippen molar-refractivity contribution in [3.8, 4) is 0 Å². The number of benzene rings is 2. The second-order valence-corrected chi connectivity index (χ2v) is 7.63. The number of aromatic nitrogens is 1. The van der Waals surface area contributed by atoms with Crippen LogP contribution in [0.5, 0.6) is 0 Å². The van der Waals surface area contributed by atoms with Gasteiger partial charge in [0.25, 0.3) is 5.91 Å². The lowest BCUT2D eigenvalue weighted by Crippen LogP contribution is -2.35. The molecule has 1 N–H and O–H groups in total. The number of hydrogen-bond donors (Lipinski definition) is 1. The second kappa shape index (κ2) is 7.57. The number of nitrogens with one attached hydrogen (secondary N) is 1. The number of hydrogen-bond acceptors (Lipinski definition) is 2. The first kappa shape index (κ1) is 17.8. The standard InChI is InChI=1S/C23H27N3O/c1-17-13-18(2)20-15-22(24-21(20)14-17)23(27)26-10-6-9-25(11-12-26)16-19-7-4-3-5-8-19/h3-5,7-8,13-15,24H,6,9-12,16H2,1-2H3. The maximum atomic E-state index is 13.1. The minimum absolute atomic E-state index is 0.116. The Morgan fingerprint density at radius 3 is 2.63 bits per heavy atom. The van der Waals surface area contributed by atoms with Gasteiger partial charge < -0.3 is 9.88 Å². The van der Waals surface area contributed by atoms with Crippen LogP contribution in [-0.2, 0) is 6.54 Å². The van der Waals surface area contributed by atoms with E-state index in [0.717, 1.165) is 50.0 Å². The van der Waals surface area contributed by atoms with Crippen molar-refractivity contribution in [1.29, 1.82) is 0 Å². The van der Waals surface area contributed by atoms with Crippen molar-refractivity contribution in [2.24, 2.45) is 0 Å². The van der Waals surface area contributed by atoms with Gasteiger partial charge in [0.15, 0.2) is 0 Å². The molecule has 1 aliphatic heterocycles. The van der Waals surface area contributed by atoms with E-state index < -0.39 is 0 Å². The van der Waals surface area contributed by atoms with Gasteiger partial charge >= 0.3 is 0 Å². The van der Waals surface area contributed by atoms with Gasteiger partial charge in [-0.3, -0.25) is 9.69 Å². The summed E-state index contributed by atoms with van der Waals surface area (Å²) in [4.78, 5) is 20.8. The van der Waals surface area contributed by atoms with Gasteiger partial charge in [-0.2, -0.15) is 0 Å². The van der Waals surface area contributed by atoms with E-state index >= 15 is 0 Å². The van der Waals surface area contributed by atoms with Crippen molar-refractivity contribution in [1.82, 2.24) is 14.8 Å². The molecule has 0 bridgehead atoms. The fourth-order valence-corrected chi connectivity index (χ4v) is 4.06. The molecule has 0 spiro atoms. The Bertz CT molecular complexity index is 945. The molecule has 4 rings (SSSR count). The lowest BCUT2D eigenvalue weighted by molar-refractivity contribution is 0.0756. The number of amides is 1. The van der Waals surface area contributed by atoms with Crippen molar-refractivity contribution in [3.63, 3.8) is 0 Å². The predicted molar refractivity (Wildman–Crippen MR) is 110 cm³/mol. The topological polar surface area (TPSA) is 39.3 Å². The average Bonchev–Trinajstić information content (AvgIpc) is 2.95. The normalized spacial score (nSPS) is 15.9. The molecule has 27 heavy (non-hydrogen) atoms. The smallest absolute Gasteiger partial charge is 0.270 e. The van der Waals surface area contributed by atoms with E-state index in [2.05, 4.69) is 66.2 Å². The third-order valence-corrected chi connectivity index (χ3v) is 5.44. The van der Waals surface area contributed by atoms with Gasteiger partial charge in [0.2, 0.25) is 0 Å². The second-order valence-electron chi connectivity index (χ2n) is 7.63. The molecule has 140 valence electrons. The number of carbonyl (C=O) groups is 1. The molecule has 0 radical (unpaired) electrons. The Balaban J connectivity index is 1.46. The Hall–Kier alpha value is -2.59. The van der Waals surface area contributed by atoms with Gasteiger partial charge in [-0.1, -0.05) is 36.4 Å². The molecule has 0 atom stereocenters. The van der Waals surface area contributed by atoms with Gasteiger partial charge in [0.05, 0.1) is 0 Å². The predicted octanol–water partition coefficient (Wildman–Crippen LogP) is 4.13. The van der Waals surface area contributed by atoms with Gasteiger partial charge in [-0.05, 0) is 49.1 Å². The van der Waals surface area contributed by atoms with Crippen LogP contribution in [0.25, 0.3) is 10.9 Å². The van der Waals surface area contributed by atoms with Crippen molar-refractivity contribution >= 4 is 16.8 Å². The highest BCUT2D eigenvalue weighted by atomic mass is 16.2. The van der Waals surface area contributed by atoms with Gasteiger partial charge in [-0.25, -0.2) is 0 Å². The van der Waals surface area contributed by atoms with Gasteiger partial charge in [0, 0.05) is 43.6 Å². The third-order valence-electron chi connectivity index (χ3n) is 5.44. The summed E-state index contributed by atoms with van der Waals surface area (Å²) >= 11 is 0. The van der Waals surface area contributed by atoms with E-state index in [4.69, 9.17) is 0 Å². The molecule has 1 amide bonds. The lowest BCUT2D eigenvalue weighted by Gasteiger charge is -2.21. The molecule has 1 fully saturated rings. The largest absolute Gasteiger partial charge is 0.351 e. The molecular formula is C23H27N3O. The average molecular weight is 361 g/mol. The highest BCUT2D eigenvalue weighted by molar-refractivity contribution is 5.99.